The highest BCUT2D eigenvalue weighted by molar-refractivity contribution is 6.31. The topological polar surface area (TPSA) is 89.4 Å². The fourth-order valence-corrected chi connectivity index (χ4v) is 4.76. The van der Waals surface area contributed by atoms with Gasteiger partial charge in [-0.15, -0.1) is 0 Å². The molecule has 1 aliphatic rings. The Bertz CT molecular complexity index is 1400. The molecule has 8 heteroatoms. The number of halogens is 1. The third-order valence-electron chi connectivity index (χ3n) is 6.48. The van der Waals surface area contributed by atoms with Crippen molar-refractivity contribution in [1.82, 2.24) is 15.2 Å². The van der Waals surface area contributed by atoms with Gasteiger partial charge in [0, 0.05) is 46.9 Å². The van der Waals surface area contributed by atoms with E-state index in [1.54, 1.807) is 24.4 Å². The molecule has 38 heavy (non-hydrogen) atoms. The minimum absolute atomic E-state index is 0.0744. The Hall–Kier alpha value is -3.58. The van der Waals surface area contributed by atoms with Crippen LogP contribution in [0.2, 0.25) is 5.02 Å². The van der Waals surface area contributed by atoms with Gasteiger partial charge in [0.2, 0.25) is 5.91 Å². The van der Waals surface area contributed by atoms with Gasteiger partial charge in [-0.05, 0) is 76.8 Å². The van der Waals surface area contributed by atoms with Crippen molar-refractivity contribution in [3.63, 3.8) is 0 Å². The Morgan fingerprint density at radius 1 is 1.11 bits per heavy atom. The predicted octanol–water partition coefficient (Wildman–Crippen LogP) is 6.04. The van der Waals surface area contributed by atoms with Gasteiger partial charge in [0.05, 0.1) is 5.52 Å². The van der Waals surface area contributed by atoms with Crippen molar-refractivity contribution in [1.29, 1.82) is 0 Å². The number of para-hydroxylation sites is 1. The number of nitrogens with zero attached hydrogens (tertiary/aromatic N) is 1. The summed E-state index contributed by atoms with van der Waals surface area (Å²) in [5.74, 6) is -0.145. The molecule has 0 aliphatic heterocycles. The van der Waals surface area contributed by atoms with Crippen LogP contribution in [0.25, 0.3) is 16.6 Å². The first-order valence-electron chi connectivity index (χ1n) is 12.9. The maximum atomic E-state index is 13.2. The summed E-state index contributed by atoms with van der Waals surface area (Å²) in [6.07, 6.45) is 6.86. The average molecular weight is 536 g/mol. The molecule has 1 aromatic heterocycles. The van der Waals surface area contributed by atoms with Crippen LogP contribution in [-0.2, 0) is 16.1 Å². The van der Waals surface area contributed by atoms with Crippen molar-refractivity contribution in [2.75, 3.05) is 0 Å². The molecule has 200 valence electrons. The smallest absolute Gasteiger partial charge is 0.407 e. The number of ether oxygens (including phenoxy) is 1. The summed E-state index contributed by atoms with van der Waals surface area (Å²) in [5.41, 5.74) is 2.67. The number of rotatable bonds is 6. The molecule has 0 unspecified atom stereocenters. The van der Waals surface area contributed by atoms with Crippen LogP contribution < -0.4 is 16.1 Å². The summed E-state index contributed by atoms with van der Waals surface area (Å²) in [4.78, 5) is 37.8. The Balaban J connectivity index is 1.36. The molecule has 4 rings (SSSR count). The molecule has 0 bridgehead atoms. The second kappa shape index (κ2) is 11.9. The van der Waals surface area contributed by atoms with E-state index < -0.39 is 11.7 Å². The summed E-state index contributed by atoms with van der Waals surface area (Å²) in [6, 6.07) is 15.0. The molecule has 2 N–H and O–H groups in total. The normalized spacial score (nSPS) is 15.7. The molecule has 7 nitrogen and oxygen atoms in total. The number of aromatic nitrogens is 1. The summed E-state index contributed by atoms with van der Waals surface area (Å²) < 4.78 is 7.26. The zero-order valence-corrected chi connectivity index (χ0v) is 22.8. The molecular weight excluding hydrogens is 502 g/mol. The van der Waals surface area contributed by atoms with Crippen LogP contribution in [0.1, 0.15) is 58.4 Å². The van der Waals surface area contributed by atoms with E-state index in [0.29, 0.717) is 21.5 Å². The summed E-state index contributed by atoms with van der Waals surface area (Å²) >= 11 is 6.22. The van der Waals surface area contributed by atoms with Gasteiger partial charge >= 0.3 is 6.09 Å². The van der Waals surface area contributed by atoms with Crippen molar-refractivity contribution < 1.29 is 14.3 Å². The maximum Gasteiger partial charge on any atom is 0.407 e. The largest absolute Gasteiger partial charge is 0.444 e. The van der Waals surface area contributed by atoms with Gasteiger partial charge in [-0.3, -0.25) is 9.59 Å². The van der Waals surface area contributed by atoms with Gasteiger partial charge in [0.25, 0.3) is 0 Å². The van der Waals surface area contributed by atoms with Crippen molar-refractivity contribution in [2.45, 2.75) is 71.1 Å². The van der Waals surface area contributed by atoms with Crippen molar-refractivity contribution in [3.8, 4) is 5.69 Å². The van der Waals surface area contributed by atoms with E-state index in [-0.39, 0.29) is 30.3 Å². The molecule has 3 aromatic rings. The van der Waals surface area contributed by atoms with Crippen LogP contribution in [0.3, 0.4) is 0 Å². The standard InChI is InChI=1S/C30H34ClN3O4/c1-30(2,3)38-29(37)33-23-13-9-20(10-14-23)11-16-27(35)32-18-21-19-34(24-7-5-4-6-8-24)26-17-22(31)12-15-25(26)28(21)36/h4-8,11-12,15,17,19,23H,9-10,13-14,16,18H2,1-3H3,(H,32,35)(H,33,37). The fourth-order valence-electron chi connectivity index (χ4n) is 4.60. The molecular formula is C30H34ClN3O4. The Morgan fingerprint density at radius 3 is 2.50 bits per heavy atom. The van der Waals surface area contributed by atoms with E-state index in [9.17, 15) is 14.4 Å². The monoisotopic (exact) mass is 535 g/mol. The molecule has 1 heterocycles. The molecule has 0 atom stereocenters. The number of nitrogens with one attached hydrogen (secondary N) is 2. The van der Waals surface area contributed by atoms with Gasteiger partial charge in [0.1, 0.15) is 5.60 Å². The van der Waals surface area contributed by atoms with Gasteiger partial charge < -0.3 is 19.9 Å². The highest BCUT2D eigenvalue weighted by Crippen LogP contribution is 2.25. The number of hydrogen-bond donors (Lipinski definition) is 2. The zero-order chi connectivity index (χ0) is 27.3. The quantitative estimate of drug-likeness (QED) is 0.376. The lowest BCUT2D eigenvalue weighted by Gasteiger charge is -2.27. The highest BCUT2D eigenvalue weighted by Gasteiger charge is 2.22. The molecule has 1 fully saturated rings. The molecule has 1 saturated carbocycles. The molecule has 2 aromatic carbocycles. The summed E-state index contributed by atoms with van der Waals surface area (Å²) in [5, 5.41) is 6.92. The molecule has 0 saturated heterocycles. The lowest BCUT2D eigenvalue weighted by atomic mass is 9.90. The van der Waals surface area contributed by atoms with E-state index in [1.807, 2.05) is 61.7 Å². The van der Waals surface area contributed by atoms with Crippen LogP contribution >= 0.6 is 11.6 Å². The van der Waals surface area contributed by atoms with E-state index >= 15 is 0 Å². The zero-order valence-electron chi connectivity index (χ0n) is 22.1. The van der Waals surface area contributed by atoms with Gasteiger partial charge in [0.15, 0.2) is 5.43 Å². The number of alkyl carbamates (subject to hydrolysis) is 1. The van der Waals surface area contributed by atoms with Crippen molar-refractivity contribution in [3.05, 3.63) is 87.2 Å². The minimum atomic E-state index is -0.521. The number of benzene rings is 2. The average Bonchev–Trinajstić information content (AvgIpc) is 2.87. The first-order chi connectivity index (χ1) is 18.1. The number of allylic oxidation sites excluding steroid dienone is 1. The van der Waals surface area contributed by atoms with Gasteiger partial charge in [-0.25, -0.2) is 4.79 Å². The number of fused-ring (bicyclic) bond motifs is 1. The van der Waals surface area contributed by atoms with Crippen molar-refractivity contribution in [2.24, 2.45) is 0 Å². The summed E-state index contributed by atoms with van der Waals surface area (Å²) in [6.45, 7) is 5.66. The van der Waals surface area contributed by atoms with Gasteiger partial charge in [-0.2, -0.15) is 0 Å². The highest BCUT2D eigenvalue weighted by atomic mass is 35.5. The molecule has 1 aliphatic carbocycles. The second-order valence-corrected chi connectivity index (χ2v) is 11.1. The van der Waals surface area contributed by atoms with Crippen LogP contribution in [0.15, 0.2) is 71.2 Å². The third-order valence-corrected chi connectivity index (χ3v) is 6.71. The maximum absolute atomic E-state index is 13.2. The minimum Gasteiger partial charge on any atom is -0.444 e. The molecule has 0 spiro atoms. The van der Waals surface area contributed by atoms with Crippen LogP contribution in [-0.4, -0.2) is 28.2 Å². The number of carbonyl (C=O) groups excluding carboxylic acids is 2. The number of pyridine rings is 1. The van der Waals surface area contributed by atoms with Crippen molar-refractivity contribution >= 4 is 34.5 Å². The second-order valence-electron chi connectivity index (χ2n) is 10.6. The summed E-state index contributed by atoms with van der Waals surface area (Å²) in [7, 11) is 0. The van der Waals surface area contributed by atoms with Crippen LogP contribution in [0.5, 0.6) is 0 Å². The molecule has 2 amide bonds. The van der Waals surface area contributed by atoms with E-state index in [2.05, 4.69) is 10.6 Å². The lowest BCUT2D eigenvalue weighted by Crippen LogP contribution is -2.40. The van der Waals surface area contributed by atoms with Crippen LogP contribution in [0, 0.1) is 0 Å². The fraction of sp³-hybridized carbons (Fsp3) is 0.367. The Morgan fingerprint density at radius 2 is 1.82 bits per heavy atom. The third kappa shape index (κ3) is 7.25. The first-order valence-corrected chi connectivity index (χ1v) is 13.3. The number of carbonyl (C=O) groups is 2. The number of amides is 2. The predicted molar refractivity (Wildman–Crippen MR) is 151 cm³/mol. The first kappa shape index (κ1) is 27.5. The molecule has 0 radical (unpaired) electrons. The van der Waals surface area contributed by atoms with E-state index in [0.717, 1.165) is 31.4 Å². The van der Waals surface area contributed by atoms with E-state index in [4.69, 9.17) is 16.3 Å². The van der Waals surface area contributed by atoms with Gasteiger partial charge in [-0.1, -0.05) is 41.4 Å². The van der Waals surface area contributed by atoms with E-state index in [1.165, 1.54) is 5.57 Å². The Kier molecular flexibility index (Phi) is 8.57. The SMILES string of the molecule is CC(C)(C)OC(=O)NC1CCC(=CCC(=O)NCc2cn(-c3ccccc3)c3cc(Cl)ccc3c2=O)CC1. The lowest BCUT2D eigenvalue weighted by molar-refractivity contribution is -0.120. The Labute approximate surface area is 227 Å². The van der Waals surface area contributed by atoms with Crippen LogP contribution in [0.4, 0.5) is 4.79 Å². The number of hydrogen-bond acceptors (Lipinski definition) is 4.